The molecule has 3 nitrogen and oxygen atoms in total. The molecule has 0 aliphatic rings. The minimum absolute atomic E-state index is 0.0252. The van der Waals surface area contributed by atoms with Crippen LogP contribution in [0.15, 0.2) is 17.1 Å². The normalized spacial score (nSPS) is 9.93. The van der Waals surface area contributed by atoms with Crippen molar-refractivity contribution in [2.45, 2.75) is 6.61 Å². The second kappa shape index (κ2) is 5.07. The fourth-order valence-corrected chi connectivity index (χ4v) is 1.21. The Hall–Kier alpha value is -1.16. The van der Waals surface area contributed by atoms with E-state index in [9.17, 15) is 13.6 Å². The molecule has 0 fully saturated rings. The number of hydrogen-bond donors (Lipinski definition) is 0. The van der Waals surface area contributed by atoms with Gasteiger partial charge in [0.05, 0.1) is 5.02 Å². The Morgan fingerprint density at radius 3 is 2.60 bits per heavy atom. The zero-order valence-corrected chi connectivity index (χ0v) is 8.52. The first-order valence-electron chi connectivity index (χ1n) is 3.57. The third kappa shape index (κ3) is 2.89. The summed E-state index contributed by atoms with van der Waals surface area (Å²) in [5.41, 5.74) is -0.153. The highest BCUT2D eigenvalue weighted by Crippen LogP contribution is 2.40. The highest BCUT2D eigenvalue weighted by molar-refractivity contribution is 6.43. The van der Waals surface area contributed by atoms with Crippen molar-refractivity contribution in [2.24, 2.45) is 4.99 Å². The molecular formula is C8H3Cl2F2NO2. The van der Waals surface area contributed by atoms with E-state index in [-0.39, 0.29) is 15.7 Å². The van der Waals surface area contributed by atoms with Crippen molar-refractivity contribution in [1.29, 1.82) is 0 Å². The topological polar surface area (TPSA) is 38.7 Å². The Balaban J connectivity index is 3.27. The lowest BCUT2D eigenvalue weighted by molar-refractivity contribution is -0.0493. The lowest BCUT2D eigenvalue weighted by Gasteiger charge is -2.09. The molecule has 7 heteroatoms. The van der Waals surface area contributed by atoms with Crippen LogP contribution < -0.4 is 4.74 Å². The monoisotopic (exact) mass is 253 g/mol. The van der Waals surface area contributed by atoms with Crippen LogP contribution in [0.25, 0.3) is 0 Å². The fraction of sp³-hybridized carbons (Fsp3) is 0.125. The van der Waals surface area contributed by atoms with Crippen molar-refractivity contribution in [3.8, 4) is 5.75 Å². The third-order valence-corrected chi connectivity index (χ3v) is 2.19. The second-order valence-corrected chi connectivity index (χ2v) is 3.08. The van der Waals surface area contributed by atoms with Crippen molar-refractivity contribution >= 4 is 35.0 Å². The average Bonchev–Trinajstić information content (AvgIpc) is 2.17. The number of aliphatic imine (C=N–C) groups is 1. The van der Waals surface area contributed by atoms with Gasteiger partial charge in [0.2, 0.25) is 6.08 Å². The van der Waals surface area contributed by atoms with Gasteiger partial charge in [0, 0.05) is 0 Å². The number of ether oxygens (including phenoxy) is 1. The molecule has 0 atom stereocenters. The number of rotatable bonds is 3. The summed E-state index contributed by atoms with van der Waals surface area (Å²) >= 11 is 11.2. The van der Waals surface area contributed by atoms with Crippen LogP contribution >= 0.6 is 23.2 Å². The Bertz CT molecular complexity index is 419. The molecule has 0 aliphatic carbocycles. The van der Waals surface area contributed by atoms with Gasteiger partial charge in [-0.3, -0.25) is 0 Å². The highest BCUT2D eigenvalue weighted by atomic mass is 35.5. The Kier molecular flexibility index (Phi) is 4.03. The molecular weight excluding hydrogens is 251 g/mol. The summed E-state index contributed by atoms with van der Waals surface area (Å²) in [5.74, 6) is -0.442. The maximum absolute atomic E-state index is 12.0. The van der Waals surface area contributed by atoms with E-state index < -0.39 is 12.4 Å². The minimum atomic E-state index is -3.08. The number of benzene rings is 1. The van der Waals surface area contributed by atoms with E-state index in [2.05, 4.69) is 9.73 Å². The molecule has 0 amide bonds. The van der Waals surface area contributed by atoms with Gasteiger partial charge in [-0.2, -0.15) is 13.8 Å². The summed E-state index contributed by atoms with van der Waals surface area (Å²) in [6.07, 6.45) is 1.19. The van der Waals surface area contributed by atoms with Crippen molar-refractivity contribution in [1.82, 2.24) is 0 Å². The summed E-state index contributed by atoms with van der Waals surface area (Å²) in [4.78, 5) is 13.2. The maximum Gasteiger partial charge on any atom is 0.387 e. The molecule has 0 heterocycles. The van der Waals surface area contributed by atoms with Crippen molar-refractivity contribution in [3.05, 3.63) is 22.2 Å². The van der Waals surface area contributed by atoms with E-state index in [1.54, 1.807) is 0 Å². The molecule has 0 radical (unpaired) electrons. The van der Waals surface area contributed by atoms with E-state index in [1.165, 1.54) is 18.2 Å². The van der Waals surface area contributed by atoms with E-state index in [1.807, 2.05) is 0 Å². The predicted octanol–water partition coefficient (Wildman–Crippen LogP) is 3.56. The van der Waals surface area contributed by atoms with Crippen molar-refractivity contribution in [3.63, 3.8) is 0 Å². The molecule has 0 saturated carbocycles. The van der Waals surface area contributed by atoms with Crippen LogP contribution in [-0.2, 0) is 4.79 Å². The van der Waals surface area contributed by atoms with Gasteiger partial charge < -0.3 is 4.74 Å². The van der Waals surface area contributed by atoms with Crippen LogP contribution in [0, 0.1) is 0 Å². The lowest BCUT2D eigenvalue weighted by Crippen LogP contribution is -2.02. The summed E-state index contributed by atoms with van der Waals surface area (Å²) in [7, 11) is 0. The van der Waals surface area contributed by atoms with Gasteiger partial charge in [0.15, 0.2) is 5.75 Å². The molecule has 1 aromatic carbocycles. The summed E-state index contributed by atoms with van der Waals surface area (Å²) in [6.45, 7) is -3.08. The molecule has 1 aromatic rings. The molecule has 0 aliphatic heterocycles. The van der Waals surface area contributed by atoms with Gasteiger partial charge in [-0.25, -0.2) is 4.79 Å². The smallest absolute Gasteiger partial charge is 0.387 e. The molecule has 0 unspecified atom stereocenters. The molecule has 0 N–H and O–H groups in total. The molecule has 0 bridgehead atoms. The summed E-state index contributed by atoms with van der Waals surface area (Å²) in [5, 5.41) is -0.203. The number of nitrogens with zero attached hydrogens (tertiary/aromatic N) is 1. The van der Waals surface area contributed by atoms with Crippen LogP contribution in [0.1, 0.15) is 0 Å². The van der Waals surface area contributed by atoms with Crippen LogP contribution in [0.5, 0.6) is 5.75 Å². The van der Waals surface area contributed by atoms with Gasteiger partial charge in [-0.1, -0.05) is 23.2 Å². The largest absolute Gasteiger partial charge is 0.431 e. The predicted molar refractivity (Wildman–Crippen MR) is 50.9 cm³/mol. The fourth-order valence-electron chi connectivity index (χ4n) is 0.860. The van der Waals surface area contributed by atoms with Crippen molar-refractivity contribution < 1.29 is 18.3 Å². The van der Waals surface area contributed by atoms with Crippen LogP contribution in [0.2, 0.25) is 10.0 Å². The molecule has 0 spiro atoms. The standard InChI is InChI=1S/C8H3Cl2F2NO2/c9-4-1-2-5(13-3-14)7(6(4)10)15-8(11)12/h1-2,8H. The zero-order valence-electron chi connectivity index (χ0n) is 7.01. The SMILES string of the molecule is O=C=Nc1ccc(Cl)c(Cl)c1OC(F)F. The Labute approximate surface area is 93.3 Å². The molecule has 80 valence electrons. The van der Waals surface area contributed by atoms with Crippen molar-refractivity contribution in [2.75, 3.05) is 0 Å². The first-order valence-corrected chi connectivity index (χ1v) is 4.32. The maximum atomic E-state index is 12.0. The third-order valence-electron chi connectivity index (χ3n) is 1.40. The van der Waals surface area contributed by atoms with Crippen LogP contribution in [0.3, 0.4) is 0 Å². The minimum Gasteiger partial charge on any atom is -0.431 e. The van der Waals surface area contributed by atoms with Gasteiger partial charge in [-0.15, -0.1) is 0 Å². The zero-order chi connectivity index (χ0) is 11.4. The molecule has 0 saturated heterocycles. The molecule has 0 aromatic heterocycles. The van der Waals surface area contributed by atoms with Gasteiger partial charge in [-0.05, 0) is 12.1 Å². The van der Waals surface area contributed by atoms with Crippen LogP contribution in [-0.4, -0.2) is 12.7 Å². The van der Waals surface area contributed by atoms with Crippen LogP contribution in [0.4, 0.5) is 14.5 Å². The summed E-state index contributed by atoms with van der Waals surface area (Å²) in [6, 6.07) is 2.52. The van der Waals surface area contributed by atoms with E-state index >= 15 is 0 Å². The summed E-state index contributed by atoms with van der Waals surface area (Å²) < 4.78 is 28.1. The number of carbonyl (C=O) groups excluding carboxylic acids is 1. The quantitative estimate of drug-likeness (QED) is 0.610. The van der Waals surface area contributed by atoms with E-state index in [0.717, 1.165) is 0 Å². The Morgan fingerprint density at radius 2 is 2.07 bits per heavy atom. The van der Waals surface area contributed by atoms with Gasteiger partial charge in [0.25, 0.3) is 0 Å². The highest BCUT2D eigenvalue weighted by Gasteiger charge is 2.16. The van der Waals surface area contributed by atoms with Gasteiger partial charge >= 0.3 is 6.61 Å². The van der Waals surface area contributed by atoms with E-state index in [0.29, 0.717) is 0 Å². The van der Waals surface area contributed by atoms with Gasteiger partial charge in [0.1, 0.15) is 10.7 Å². The van der Waals surface area contributed by atoms with E-state index in [4.69, 9.17) is 23.2 Å². The number of halogens is 4. The first kappa shape index (κ1) is 11.9. The molecule has 1 rings (SSSR count). The number of hydrogen-bond acceptors (Lipinski definition) is 3. The first-order chi connectivity index (χ1) is 7.06. The lowest BCUT2D eigenvalue weighted by atomic mass is 10.3. The average molecular weight is 254 g/mol. The second-order valence-electron chi connectivity index (χ2n) is 2.29. The molecule has 15 heavy (non-hydrogen) atoms. The Morgan fingerprint density at radius 1 is 1.40 bits per heavy atom. The number of alkyl halides is 2. The number of isocyanates is 1.